The first-order valence-corrected chi connectivity index (χ1v) is 6.54. The summed E-state index contributed by atoms with van der Waals surface area (Å²) in [7, 11) is 1.52. The van der Waals surface area contributed by atoms with Crippen LogP contribution in [0.5, 0.6) is 6.01 Å². The van der Waals surface area contributed by atoms with Gasteiger partial charge in [-0.1, -0.05) is 6.42 Å². The van der Waals surface area contributed by atoms with E-state index < -0.39 is 0 Å². The molecule has 3 rings (SSSR count). The van der Waals surface area contributed by atoms with Crippen molar-refractivity contribution in [3.63, 3.8) is 0 Å². The summed E-state index contributed by atoms with van der Waals surface area (Å²) in [4.78, 5) is 12.1. The van der Waals surface area contributed by atoms with Gasteiger partial charge in [0.15, 0.2) is 0 Å². The first-order valence-electron chi connectivity index (χ1n) is 6.54. The zero-order valence-electron chi connectivity index (χ0n) is 10.6. The van der Waals surface area contributed by atoms with Crippen molar-refractivity contribution in [1.82, 2.24) is 15.0 Å². The van der Waals surface area contributed by atoms with Crippen LogP contribution in [0.1, 0.15) is 25.7 Å². The molecule has 0 spiro atoms. The molecule has 3 N–H and O–H groups in total. The lowest BCUT2D eigenvalue weighted by Gasteiger charge is -2.21. The molecule has 2 aliphatic carbocycles. The summed E-state index contributed by atoms with van der Waals surface area (Å²) in [6, 6.07) is 0.262. The Morgan fingerprint density at radius 1 is 1.28 bits per heavy atom. The molecule has 1 aromatic rings. The molecule has 6 nitrogen and oxygen atoms in total. The average molecular weight is 249 g/mol. The molecule has 0 aromatic carbocycles. The van der Waals surface area contributed by atoms with Crippen molar-refractivity contribution in [2.75, 3.05) is 24.7 Å². The van der Waals surface area contributed by atoms with E-state index in [4.69, 9.17) is 10.5 Å². The van der Waals surface area contributed by atoms with Crippen LogP contribution in [0.2, 0.25) is 0 Å². The molecule has 2 aliphatic rings. The van der Waals surface area contributed by atoms with Gasteiger partial charge < -0.3 is 15.8 Å². The van der Waals surface area contributed by atoms with Gasteiger partial charge in [-0.3, -0.25) is 0 Å². The molecule has 18 heavy (non-hydrogen) atoms. The molecule has 3 atom stereocenters. The Morgan fingerprint density at radius 3 is 2.83 bits per heavy atom. The lowest BCUT2D eigenvalue weighted by Crippen LogP contribution is -2.21. The molecule has 6 heteroatoms. The fourth-order valence-corrected chi connectivity index (χ4v) is 3.39. The number of nitrogens with one attached hydrogen (secondary N) is 1. The maximum atomic E-state index is 5.60. The summed E-state index contributed by atoms with van der Waals surface area (Å²) in [5.74, 6) is 3.32. The number of nitrogens with two attached hydrogens (primary N) is 1. The van der Waals surface area contributed by atoms with Crippen molar-refractivity contribution >= 4 is 11.9 Å². The highest BCUT2D eigenvalue weighted by atomic mass is 16.5. The summed E-state index contributed by atoms with van der Waals surface area (Å²) in [6.07, 6.45) is 5.57. The minimum absolute atomic E-state index is 0.192. The van der Waals surface area contributed by atoms with E-state index in [9.17, 15) is 0 Å². The molecule has 0 radical (unpaired) electrons. The second kappa shape index (κ2) is 4.59. The molecule has 2 saturated carbocycles. The number of ether oxygens (including phenoxy) is 1. The number of aromatic nitrogens is 3. The van der Waals surface area contributed by atoms with E-state index in [2.05, 4.69) is 20.3 Å². The molecular weight excluding hydrogens is 230 g/mol. The highest BCUT2D eigenvalue weighted by Gasteiger charge is 2.39. The van der Waals surface area contributed by atoms with Gasteiger partial charge in [0, 0.05) is 6.54 Å². The number of nitrogens with zero attached hydrogens (tertiary/aromatic N) is 3. The van der Waals surface area contributed by atoms with Gasteiger partial charge in [0.05, 0.1) is 7.11 Å². The van der Waals surface area contributed by atoms with Crippen molar-refractivity contribution in [3.8, 4) is 6.01 Å². The molecule has 1 heterocycles. The quantitative estimate of drug-likeness (QED) is 0.836. The van der Waals surface area contributed by atoms with Crippen molar-refractivity contribution in [1.29, 1.82) is 0 Å². The molecule has 2 bridgehead atoms. The normalized spacial score (nSPS) is 29.5. The zero-order chi connectivity index (χ0) is 12.5. The Morgan fingerprint density at radius 2 is 2.17 bits per heavy atom. The summed E-state index contributed by atoms with van der Waals surface area (Å²) in [5.41, 5.74) is 5.60. The highest BCUT2D eigenvalue weighted by molar-refractivity contribution is 5.32. The van der Waals surface area contributed by atoms with Crippen molar-refractivity contribution in [2.24, 2.45) is 17.8 Å². The Hall–Kier alpha value is -1.59. The molecule has 0 aliphatic heterocycles. The largest absolute Gasteiger partial charge is 0.467 e. The maximum absolute atomic E-state index is 5.60. The number of anilines is 2. The molecule has 0 saturated heterocycles. The van der Waals surface area contributed by atoms with Crippen LogP contribution >= 0.6 is 0 Å². The monoisotopic (exact) mass is 249 g/mol. The lowest BCUT2D eigenvalue weighted by molar-refractivity contribution is 0.347. The van der Waals surface area contributed by atoms with E-state index >= 15 is 0 Å². The number of nitrogen functional groups attached to an aromatic ring is 1. The van der Waals surface area contributed by atoms with Gasteiger partial charge >= 0.3 is 6.01 Å². The molecular formula is C12H19N5O. The Balaban J connectivity index is 1.61. The van der Waals surface area contributed by atoms with Crippen LogP contribution in [0, 0.1) is 17.8 Å². The van der Waals surface area contributed by atoms with Crippen LogP contribution in [-0.2, 0) is 0 Å². The van der Waals surface area contributed by atoms with Crippen LogP contribution in [0.25, 0.3) is 0 Å². The predicted octanol–water partition coefficient (Wildman–Crippen LogP) is 1.31. The summed E-state index contributed by atoms with van der Waals surface area (Å²) < 4.78 is 4.97. The predicted molar refractivity (Wildman–Crippen MR) is 68.2 cm³/mol. The van der Waals surface area contributed by atoms with E-state index in [0.29, 0.717) is 5.95 Å². The van der Waals surface area contributed by atoms with Gasteiger partial charge in [0.2, 0.25) is 11.9 Å². The van der Waals surface area contributed by atoms with Crippen LogP contribution in [0.15, 0.2) is 0 Å². The second-order valence-corrected chi connectivity index (χ2v) is 5.32. The van der Waals surface area contributed by atoms with E-state index in [1.54, 1.807) is 0 Å². The van der Waals surface area contributed by atoms with Crippen LogP contribution < -0.4 is 15.8 Å². The van der Waals surface area contributed by atoms with Gasteiger partial charge in [0.1, 0.15) is 0 Å². The minimum atomic E-state index is 0.192. The Kier molecular flexibility index (Phi) is 2.93. The second-order valence-electron chi connectivity index (χ2n) is 5.32. The molecule has 0 amide bonds. The summed E-state index contributed by atoms with van der Waals surface area (Å²) in [6.45, 7) is 0.924. The number of rotatable bonds is 4. The average Bonchev–Trinajstić information content (AvgIpc) is 2.97. The fourth-order valence-electron chi connectivity index (χ4n) is 3.39. The maximum Gasteiger partial charge on any atom is 0.322 e. The third kappa shape index (κ3) is 2.19. The van der Waals surface area contributed by atoms with Crippen LogP contribution in [-0.4, -0.2) is 28.6 Å². The van der Waals surface area contributed by atoms with E-state index in [1.807, 2.05) is 0 Å². The molecule has 2 fully saturated rings. The molecule has 3 unspecified atom stereocenters. The van der Waals surface area contributed by atoms with E-state index in [1.165, 1.54) is 32.8 Å². The SMILES string of the molecule is COc1nc(N)nc(NCC2CC3CCC2C3)n1. The standard InChI is InChI=1S/C12H19N5O/c1-18-12-16-10(13)15-11(17-12)14-6-9-5-7-2-3-8(9)4-7/h7-9H,2-6H2,1H3,(H3,13,14,15,16,17). The van der Waals surface area contributed by atoms with Gasteiger partial charge in [-0.2, -0.15) is 15.0 Å². The first kappa shape index (κ1) is 11.5. The van der Waals surface area contributed by atoms with Crippen molar-refractivity contribution in [3.05, 3.63) is 0 Å². The zero-order valence-corrected chi connectivity index (χ0v) is 10.6. The van der Waals surface area contributed by atoms with Crippen molar-refractivity contribution in [2.45, 2.75) is 25.7 Å². The van der Waals surface area contributed by atoms with E-state index in [0.717, 1.165) is 24.3 Å². The van der Waals surface area contributed by atoms with Crippen molar-refractivity contribution < 1.29 is 4.74 Å². The van der Waals surface area contributed by atoms with Gasteiger partial charge in [-0.25, -0.2) is 0 Å². The van der Waals surface area contributed by atoms with E-state index in [-0.39, 0.29) is 12.0 Å². The smallest absolute Gasteiger partial charge is 0.322 e. The number of methoxy groups -OCH3 is 1. The first-order chi connectivity index (χ1) is 8.74. The third-order valence-electron chi connectivity index (χ3n) is 4.22. The van der Waals surface area contributed by atoms with Gasteiger partial charge in [0.25, 0.3) is 0 Å². The van der Waals surface area contributed by atoms with Gasteiger partial charge in [-0.15, -0.1) is 0 Å². The lowest BCUT2D eigenvalue weighted by atomic mass is 9.89. The Labute approximate surface area is 106 Å². The van der Waals surface area contributed by atoms with Gasteiger partial charge in [-0.05, 0) is 37.0 Å². The number of hydrogen-bond donors (Lipinski definition) is 2. The fraction of sp³-hybridized carbons (Fsp3) is 0.750. The summed E-state index contributed by atoms with van der Waals surface area (Å²) in [5, 5.41) is 3.26. The number of fused-ring (bicyclic) bond motifs is 2. The Bertz CT molecular complexity index is 438. The van der Waals surface area contributed by atoms with Crippen LogP contribution in [0.4, 0.5) is 11.9 Å². The number of hydrogen-bond acceptors (Lipinski definition) is 6. The molecule has 1 aromatic heterocycles. The topological polar surface area (TPSA) is 86.0 Å². The van der Waals surface area contributed by atoms with Crippen LogP contribution in [0.3, 0.4) is 0 Å². The summed E-state index contributed by atoms with van der Waals surface area (Å²) >= 11 is 0. The highest BCUT2D eigenvalue weighted by Crippen LogP contribution is 2.48. The third-order valence-corrected chi connectivity index (χ3v) is 4.22. The molecule has 98 valence electrons. The minimum Gasteiger partial charge on any atom is -0.467 e.